The predicted octanol–water partition coefficient (Wildman–Crippen LogP) is 3.11. The number of thiophene rings is 1. The summed E-state index contributed by atoms with van der Waals surface area (Å²) in [6, 6.07) is 1.89. The summed E-state index contributed by atoms with van der Waals surface area (Å²) in [6.07, 6.45) is 3.21. The average Bonchev–Trinajstić information content (AvgIpc) is 2.62. The minimum absolute atomic E-state index is 0.357. The Morgan fingerprint density at radius 2 is 2.44 bits per heavy atom. The van der Waals surface area contributed by atoms with E-state index in [0.29, 0.717) is 12.4 Å². The molecule has 1 aliphatic rings. The maximum Gasteiger partial charge on any atom is 0.419 e. The summed E-state index contributed by atoms with van der Waals surface area (Å²) in [5.74, 6) is 0.617. The van der Waals surface area contributed by atoms with Crippen LogP contribution in [0, 0.1) is 0 Å². The van der Waals surface area contributed by atoms with E-state index in [2.05, 4.69) is 4.99 Å². The Balaban J connectivity index is 2.41. The first kappa shape index (κ1) is 10.9. The van der Waals surface area contributed by atoms with Gasteiger partial charge in [-0.05, 0) is 31.4 Å². The molecule has 1 aromatic heterocycles. The number of hydrogen-bond acceptors (Lipinski definition) is 4. The molecule has 0 aromatic carbocycles. The largest absolute Gasteiger partial charge is 0.449 e. The van der Waals surface area contributed by atoms with Gasteiger partial charge >= 0.3 is 6.09 Å². The molecular weight excluding hydrogens is 224 g/mol. The Kier molecular flexibility index (Phi) is 3.05. The topological polar surface area (TPSA) is 41.9 Å². The van der Waals surface area contributed by atoms with Crippen molar-refractivity contribution in [3.05, 3.63) is 22.5 Å². The zero-order valence-electron chi connectivity index (χ0n) is 9.14. The van der Waals surface area contributed by atoms with Crippen molar-refractivity contribution >= 4 is 35.0 Å². The van der Waals surface area contributed by atoms with E-state index < -0.39 is 0 Å². The molecule has 0 unspecified atom stereocenters. The lowest BCUT2D eigenvalue weighted by Gasteiger charge is -2.19. The van der Waals surface area contributed by atoms with Crippen molar-refractivity contribution in [1.82, 2.24) is 0 Å². The van der Waals surface area contributed by atoms with Crippen LogP contribution in [0.4, 0.5) is 10.5 Å². The lowest BCUT2D eigenvalue weighted by molar-refractivity contribution is 0.163. The van der Waals surface area contributed by atoms with Crippen molar-refractivity contribution in [2.75, 3.05) is 11.5 Å². The first-order chi connectivity index (χ1) is 7.74. The molecule has 4 nitrogen and oxygen atoms in total. The quantitative estimate of drug-likeness (QED) is 0.751. The van der Waals surface area contributed by atoms with Gasteiger partial charge in [-0.15, -0.1) is 11.3 Å². The second-order valence-electron chi connectivity index (χ2n) is 3.20. The van der Waals surface area contributed by atoms with E-state index >= 15 is 0 Å². The van der Waals surface area contributed by atoms with E-state index in [-0.39, 0.29) is 6.09 Å². The third-order valence-electron chi connectivity index (χ3n) is 2.18. The molecule has 0 saturated carbocycles. The van der Waals surface area contributed by atoms with Crippen LogP contribution in [-0.4, -0.2) is 18.5 Å². The third kappa shape index (κ3) is 1.86. The van der Waals surface area contributed by atoms with Gasteiger partial charge in [0.15, 0.2) is 0 Å². The van der Waals surface area contributed by atoms with E-state index in [0.717, 1.165) is 10.6 Å². The molecule has 0 radical (unpaired) electrons. The number of carbonyl (C=O) groups is 1. The van der Waals surface area contributed by atoms with Gasteiger partial charge in [0, 0.05) is 6.20 Å². The summed E-state index contributed by atoms with van der Waals surface area (Å²) < 4.78 is 5.02. The minimum Gasteiger partial charge on any atom is -0.449 e. The smallest absolute Gasteiger partial charge is 0.419 e. The van der Waals surface area contributed by atoms with Crippen LogP contribution >= 0.6 is 11.3 Å². The highest BCUT2D eigenvalue weighted by Gasteiger charge is 2.23. The molecule has 16 heavy (non-hydrogen) atoms. The number of carbonyl (C=O) groups excluding carboxylic acids is 1. The van der Waals surface area contributed by atoms with Gasteiger partial charge in [0.25, 0.3) is 0 Å². The minimum atomic E-state index is -0.382. The fourth-order valence-corrected chi connectivity index (χ4v) is 2.25. The monoisotopic (exact) mass is 236 g/mol. The number of amidine groups is 1. The Labute approximate surface area is 97.9 Å². The number of amides is 1. The summed E-state index contributed by atoms with van der Waals surface area (Å²) in [5, 5.41) is 1.94. The number of anilines is 1. The second-order valence-corrected chi connectivity index (χ2v) is 4.14. The molecule has 0 spiro atoms. The van der Waals surface area contributed by atoms with Crippen LogP contribution in [0.1, 0.15) is 18.7 Å². The molecule has 0 fully saturated rings. The van der Waals surface area contributed by atoms with Gasteiger partial charge < -0.3 is 4.74 Å². The van der Waals surface area contributed by atoms with Crippen molar-refractivity contribution in [2.24, 2.45) is 4.99 Å². The Morgan fingerprint density at radius 3 is 3.19 bits per heavy atom. The highest BCUT2D eigenvalue weighted by Crippen LogP contribution is 2.30. The van der Waals surface area contributed by atoms with E-state index in [4.69, 9.17) is 4.74 Å². The summed E-state index contributed by atoms with van der Waals surface area (Å²) in [7, 11) is 0. The van der Waals surface area contributed by atoms with Crippen LogP contribution in [0.5, 0.6) is 0 Å². The molecule has 1 aliphatic heterocycles. The first-order valence-corrected chi connectivity index (χ1v) is 5.87. The van der Waals surface area contributed by atoms with Gasteiger partial charge in [0.05, 0.1) is 17.2 Å². The highest BCUT2D eigenvalue weighted by molar-refractivity contribution is 7.11. The number of rotatable bonds is 1. The van der Waals surface area contributed by atoms with Gasteiger partial charge in [-0.1, -0.05) is 0 Å². The number of hydrogen-bond donors (Lipinski definition) is 0. The molecule has 0 atom stereocenters. The fraction of sp³-hybridized carbons (Fsp3) is 0.273. The van der Waals surface area contributed by atoms with Gasteiger partial charge in [-0.2, -0.15) is 0 Å². The van der Waals surface area contributed by atoms with Crippen molar-refractivity contribution in [3.63, 3.8) is 0 Å². The summed E-state index contributed by atoms with van der Waals surface area (Å²) >= 11 is 1.57. The SMILES string of the molecule is CCOC(=O)N1C(C)=NC=Cc2sccc21. The zero-order valence-corrected chi connectivity index (χ0v) is 9.95. The molecule has 2 heterocycles. The molecule has 5 heteroatoms. The molecule has 84 valence electrons. The van der Waals surface area contributed by atoms with Crippen LogP contribution < -0.4 is 4.90 Å². The molecule has 1 amide bonds. The van der Waals surface area contributed by atoms with E-state index in [1.807, 2.05) is 17.5 Å². The van der Waals surface area contributed by atoms with Gasteiger partial charge in [-0.3, -0.25) is 0 Å². The van der Waals surface area contributed by atoms with Gasteiger partial charge in [-0.25, -0.2) is 14.7 Å². The lowest BCUT2D eigenvalue weighted by Crippen LogP contribution is -2.35. The Morgan fingerprint density at radius 1 is 1.62 bits per heavy atom. The molecule has 0 aliphatic carbocycles. The average molecular weight is 236 g/mol. The normalized spacial score (nSPS) is 14.1. The number of nitrogens with zero attached hydrogens (tertiary/aromatic N) is 2. The molecule has 1 aromatic rings. The van der Waals surface area contributed by atoms with Crippen molar-refractivity contribution in [2.45, 2.75) is 13.8 Å². The van der Waals surface area contributed by atoms with Gasteiger partial charge in [0.2, 0.25) is 0 Å². The summed E-state index contributed by atoms with van der Waals surface area (Å²) in [6.45, 7) is 3.93. The molecule has 0 saturated heterocycles. The summed E-state index contributed by atoms with van der Waals surface area (Å²) in [5.41, 5.74) is 0.832. The molecule has 0 N–H and O–H groups in total. The van der Waals surface area contributed by atoms with Crippen molar-refractivity contribution in [1.29, 1.82) is 0 Å². The second kappa shape index (κ2) is 4.49. The van der Waals surface area contributed by atoms with E-state index in [1.54, 1.807) is 31.4 Å². The fourth-order valence-electron chi connectivity index (χ4n) is 1.49. The number of aliphatic imine (C=N–C) groups is 1. The maximum absolute atomic E-state index is 11.8. The molecular formula is C11H12N2O2S. The van der Waals surface area contributed by atoms with Crippen LogP contribution in [0.3, 0.4) is 0 Å². The Hall–Kier alpha value is -1.62. The van der Waals surface area contributed by atoms with Crippen molar-refractivity contribution < 1.29 is 9.53 Å². The van der Waals surface area contributed by atoms with Crippen LogP contribution in [0.2, 0.25) is 0 Å². The number of fused-ring (bicyclic) bond motifs is 1. The number of ether oxygens (including phenoxy) is 1. The van der Waals surface area contributed by atoms with E-state index in [1.165, 1.54) is 4.90 Å². The zero-order chi connectivity index (χ0) is 11.5. The van der Waals surface area contributed by atoms with Crippen molar-refractivity contribution in [3.8, 4) is 0 Å². The van der Waals surface area contributed by atoms with E-state index in [9.17, 15) is 4.79 Å². The molecule has 0 bridgehead atoms. The predicted molar refractivity (Wildman–Crippen MR) is 66.0 cm³/mol. The van der Waals surface area contributed by atoms with Crippen LogP contribution in [-0.2, 0) is 4.74 Å². The third-order valence-corrected chi connectivity index (χ3v) is 3.05. The van der Waals surface area contributed by atoms with Crippen LogP contribution in [0.15, 0.2) is 22.6 Å². The Bertz CT molecular complexity index is 462. The summed E-state index contributed by atoms with van der Waals surface area (Å²) in [4.78, 5) is 18.5. The van der Waals surface area contributed by atoms with Gasteiger partial charge in [0.1, 0.15) is 5.84 Å². The highest BCUT2D eigenvalue weighted by atomic mass is 32.1. The maximum atomic E-state index is 11.8. The first-order valence-electron chi connectivity index (χ1n) is 4.99. The molecule has 2 rings (SSSR count). The van der Waals surface area contributed by atoms with Crippen LogP contribution in [0.25, 0.3) is 6.08 Å². The lowest BCUT2D eigenvalue weighted by atomic mass is 10.3. The standard InChI is InChI=1S/C11H12N2O2S/c1-3-15-11(14)13-8(2)12-6-4-10-9(13)5-7-16-10/h4-7H,3H2,1-2H3.